The highest BCUT2D eigenvalue weighted by molar-refractivity contribution is 5.99. The van der Waals surface area contributed by atoms with Gasteiger partial charge in [0.15, 0.2) is 0 Å². The van der Waals surface area contributed by atoms with Crippen molar-refractivity contribution < 1.29 is 24.2 Å². The highest BCUT2D eigenvalue weighted by Crippen LogP contribution is 2.28. The first-order chi connectivity index (χ1) is 15.2. The van der Waals surface area contributed by atoms with Gasteiger partial charge in [0, 0.05) is 35.3 Å². The van der Waals surface area contributed by atoms with Gasteiger partial charge in [-0.25, -0.2) is 9.59 Å². The predicted octanol–water partition coefficient (Wildman–Crippen LogP) is 4.23. The second kappa shape index (κ2) is 9.55. The van der Waals surface area contributed by atoms with Gasteiger partial charge in [-0.3, -0.25) is 4.99 Å². The summed E-state index contributed by atoms with van der Waals surface area (Å²) in [7, 11) is 1.25. The largest absolute Gasteiger partial charge is 0.506 e. The topological polar surface area (TPSA) is 113 Å². The molecule has 3 aromatic rings. The van der Waals surface area contributed by atoms with E-state index in [-0.39, 0.29) is 12.2 Å². The molecule has 3 N–H and O–H groups in total. The molecule has 0 fully saturated rings. The van der Waals surface area contributed by atoms with Gasteiger partial charge in [0.05, 0.1) is 7.11 Å². The number of methoxy groups -OCH3 is 1. The second-order valence-electron chi connectivity index (χ2n) is 8.30. The lowest BCUT2D eigenvalue weighted by Gasteiger charge is -2.22. The first kappa shape index (κ1) is 22.9. The van der Waals surface area contributed by atoms with Crippen molar-refractivity contribution in [3.05, 3.63) is 59.8 Å². The summed E-state index contributed by atoms with van der Waals surface area (Å²) in [5.74, 6) is -0.604. The minimum Gasteiger partial charge on any atom is -0.506 e. The van der Waals surface area contributed by atoms with Gasteiger partial charge in [0.25, 0.3) is 0 Å². The molecule has 3 rings (SSSR count). The zero-order valence-corrected chi connectivity index (χ0v) is 18.5. The van der Waals surface area contributed by atoms with Crippen LogP contribution in [0, 0.1) is 0 Å². The number of fused-ring (bicyclic) bond motifs is 1. The smallest absolute Gasteiger partial charge is 0.408 e. The predicted molar refractivity (Wildman–Crippen MR) is 123 cm³/mol. The number of amides is 1. The number of ether oxygens (including phenoxy) is 2. The van der Waals surface area contributed by atoms with Gasteiger partial charge >= 0.3 is 12.1 Å². The number of nitrogens with zero attached hydrogens (tertiary/aromatic N) is 1. The Kier molecular flexibility index (Phi) is 6.82. The van der Waals surface area contributed by atoms with Crippen LogP contribution in [0.5, 0.6) is 5.75 Å². The summed E-state index contributed by atoms with van der Waals surface area (Å²) in [5, 5.41) is 13.8. The van der Waals surface area contributed by atoms with Crippen LogP contribution in [0.1, 0.15) is 31.9 Å². The van der Waals surface area contributed by atoms with E-state index in [1.165, 1.54) is 13.2 Å². The molecule has 0 aliphatic rings. The van der Waals surface area contributed by atoms with Crippen LogP contribution >= 0.6 is 0 Å². The van der Waals surface area contributed by atoms with Crippen LogP contribution in [0.15, 0.2) is 53.7 Å². The van der Waals surface area contributed by atoms with E-state index in [1.54, 1.807) is 39.1 Å². The maximum absolute atomic E-state index is 12.2. The third-order valence-corrected chi connectivity index (χ3v) is 4.62. The molecular formula is C24H27N3O5. The number of carbonyl (C=O) groups excluding carboxylic acids is 2. The number of nitrogens with one attached hydrogen (secondary N) is 2. The number of aromatic hydroxyl groups is 1. The molecule has 1 atom stereocenters. The van der Waals surface area contributed by atoms with E-state index in [4.69, 9.17) is 9.47 Å². The van der Waals surface area contributed by atoms with Crippen molar-refractivity contribution >= 4 is 34.9 Å². The number of benzene rings is 2. The van der Waals surface area contributed by atoms with Crippen molar-refractivity contribution in [2.24, 2.45) is 4.99 Å². The third kappa shape index (κ3) is 5.87. The first-order valence-corrected chi connectivity index (χ1v) is 10.2. The molecule has 0 saturated carbocycles. The van der Waals surface area contributed by atoms with Gasteiger partial charge in [0.2, 0.25) is 0 Å². The molecule has 168 valence electrons. The number of aromatic amines is 1. The fraction of sp³-hybridized carbons (Fsp3) is 0.292. The molecule has 8 heteroatoms. The van der Waals surface area contributed by atoms with Crippen LogP contribution in [0.2, 0.25) is 0 Å². The number of phenols is 1. The molecule has 0 aliphatic carbocycles. The normalized spacial score (nSPS) is 12.6. The lowest BCUT2D eigenvalue weighted by molar-refractivity contribution is -0.143. The minimum atomic E-state index is -0.954. The number of phenolic OH excluding ortho intramolecular Hbond substituents is 1. The Morgan fingerprint density at radius 2 is 1.97 bits per heavy atom. The molecule has 0 aliphatic heterocycles. The molecule has 32 heavy (non-hydrogen) atoms. The lowest BCUT2D eigenvalue weighted by atomic mass is 10.0. The SMILES string of the molecule is COC(=O)[C@H](Cc1ccc(O)c(N=Cc2c[nH]c3ccccc23)c1)NC(=O)OC(C)(C)C. The van der Waals surface area contributed by atoms with Crippen LogP contribution in [0.3, 0.4) is 0 Å². The molecule has 1 heterocycles. The molecule has 0 bridgehead atoms. The Labute approximate surface area is 186 Å². The summed E-state index contributed by atoms with van der Waals surface area (Å²) in [6.07, 6.45) is 2.92. The molecule has 0 radical (unpaired) electrons. The number of carbonyl (C=O) groups is 2. The summed E-state index contributed by atoms with van der Waals surface area (Å²) in [4.78, 5) is 31.9. The van der Waals surface area contributed by atoms with Crippen LogP contribution in [0.4, 0.5) is 10.5 Å². The average Bonchev–Trinajstić information content (AvgIpc) is 3.14. The van der Waals surface area contributed by atoms with Crippen molar-refractivity contribution in [3.63, 3.8) is 0 Å². The third-order valence-electron chi connectivity index (χ3n) is 4.62. The number of hydrogen-bond acceptors (Lipinski definition) is 6. The molecule has 1 amide bonds. The van der Waals surface area contributed by atoms with E-state index in [1.807, 2.05) is 30.5 Å². The van der Waals surface area contributed by atoms with E-state index in [0.717, 1.165) is 16.5 Å². The van der Waals surface area contributed by atoms with Crippen LogP contribution < -0.4 is 5.32 Å². The van der Waals surface area contributed by atoms with Gasteiger partial charge in [-0.15, -0.1) is 0 Å². The number of esters is 1. The number of alkyl carbamates (subject to hydrolysis) is 1. The number of H-pyrrole nitrogens is 1. The average molecular weight is 437 g/mol. The monoisotopic (exact) mass is 437 g/mol. The van der Waals surface area contributed by atoms with Crippen LogP contribution in [-0.4, -0.2) is 47.1 Å². The summed E-state index contributed by atoms with van der Waals surface area (Å²) >= 11 is 0. The fourth-order valence-corrected chi connectivity index (χ4v) is 3.16. The van der Waals surface area contributed by atoms with Gasteiger partial charge in [-0.2, -0.15) is 0 Å². The fourth-order valence-electron chi connectivity index (χ4n) is 3.16. The maximum Gasteiger partial charge on any atom is 0.408 e. The van der Waals surface area contributed by atoms with Gasteiger partial charge < -0.3 is 24.9 Å². The zero-order valence-electron chi connectivity index (χ0n) is 18.5. The van der Waals surface area contributed by atoms with E-state index in [9.17, 15) is 14.7 Å². The van der Waals surface area contributed by atoms with Crippen molar-refractivity contribution in [2.75, 3.05) is 7.11 Å². The van der Waals surface area contributed by atoms with E-state index >= 15 is 0 Å². The summed E-state index contributed by atoms with van der Waals surface area (Å²) < 4.78 is 10.0. The number of hydrogen-bond donors (Lipinski definition) is 3. The zero-order chi connectivity index (χ0) is 23.3. The molecule has 2 aromatic carbocycles. The Bertz CT molecular complexity index is 1140. The van der Waals surface area contributed by atoms with E-state index in [0.29, 0.717) is 11.3 Å². The van der Waals surface area contributed by atoms with E-state index in [2.05, 4.69) is 15.3 Å². The number of aromatic nitrogens is 1. The van der Waals surface area contributed by atoms with Crippen molar-refractivity contribution in [1.29, 1.82) is 0 Å². The number of rotatable bonds is 6. The number of para-hydroxylation sites is 1. The maximum atomic E-state index is 12.2. The first-order valence-electron chi connectivity index (χ1n) is 10.2. The molecule has 0 saturated heterocycles. The van der Waals surface area contributed by atoms with Gasteiger partial charge in [-0.05, 0) is 44.5 Å². The van der Waals surface area contributed by atoms with Crippen molar-refractivity contribution in [3.8, 4) is 5.75 Å². The Hall–Kier alpha value is -3.81. The molecule has 8 nitrogen and oxygen atoms in total. The van der Waals surface area contributed by atoms with Crippen LogP contribution in [-0.2, 0) is 20.7 Å². The summed E-state index contributed by atoms with van der Waals surface area (Å²) in [6.45, 7) is 5.20. The Morgan fingerprint density at radius 3 is 2.69 bits per heavy atom. The Balaban J connectivity index is 1.79. The highest BCUT2D eigenvalue weighted by atomic mass is 16.6. The van der Waals surface area contributed by atoms with E-state index < -0.39 is 23.7 Å². The minimum absolute atomic E-state index is 0.000407. The highest BCUT2D eigenvalue weighted by Gasteiger charge is 2.25. The molecule has 0 unspecified atom stereocenters. The van der Waals surface area contributed by atoms with Crippen molar-refractivity contribution in [1.82, 2.24) is 10.3 Å². The standard InChI is InChI=1S/C24H27N3O5/c1-24(2,3)32-23(30)27-20(22(29)31-4)12-15-9-10-21(28)19(11-15)26-14-16-13-25-18-8-6-5-7-17(16)18/h5-11,13-14,20,25,28H,12H2,1-4H3,(H,27,30)/t20-/m0/s1. The number of aliphatic imine (C=N–C) groups is 1. The molecule has 0 spiro atoms. The Morgan fingerprint density at radius 1 is 1.22 bits per heavy atom. The van der Waals surface area contributed by atoms with Gasteiger partial charge in [-0.1, -0.05) is 24.3 Å². The lowest BCUT2D eigenvalue weighted by Crippen LogP contribution is -2.45. The molecular weight excluding hydrogens is 410 g/mol. The van der Waals surface area contributed by atoms with Crippen LogP contribution in [0.25, 0.3) is 10.9 Å². The second-order valence-corrected chi connectivity index (χ2v) is 8.30. The van der Waals surface area contributed by atoms with Gasteiger partial charge in [0.1, 0.15) is 23.1 Å². The summed E-state index contributed by atoms with van der Waals surface area (Å²) in [5.41, 5.74) is 2.19. The van der Waals surface area contributed by atoms with Crippen molar-refractivity contribution in [2.45, 2.75) is 38.8 Å². The molecule has 1 aromatic heterocycles. The quantitative estimate of drug-likeness (QED) is 0.394. The summed E-state index contributed by atoms with van der Waals surface area (Å²) in [6, 6.07) is 11.7.